The molecule has 174 valence electrons. The van der Waals surface area contributed by atoms with E-state index in [1.54, 1.807) is 29.2 Å². The summed E-state index contributed by atoms with van der Waals surface area (Å²) in [5.41, 5.74) is 2.20. The minimum Gasteiger partial charge on any atom is -0.356 e. The monoisotopic (exact) mass is 479 g/mol. The van der Waals surface area contributed by atoms with Crippen LogP contribution in [0.4, 0.5) is 0 Å². The van der Waals surface area contributed by atoms with Crippen LogP contribution in [0.5, 0.6) is 0 Å². The highest BCUT2D eigenvalue weighted by molar-refractivity contribution is 6.30. The van der Waals surface area contributed by atoms with Gasteiger partial charge < -0.3 is 9.51 Å². The van der Waals surface area contributed by atoms with Crippen molar-refractivity contribution in [2.45, 2.75) is 39.9 Å². The van der Waals surface area contributed by atoms with Gasteiger partial charge in [0.05, 0.1) is 18.3 Å². The van der Waals surface area contributed by atoms with E-state index in [9.17, 15) is 9.59 Å². The van der Waals surface area contributed by atoms with Crippen LogP contribution in [0.25, 0.3) is 33.9 Å². The summed E-state index contributed by atoms with van der Waals surface area (Å²) in [6.45, 7) is 4.93. The summed E-state index contributed by atoms with van der Waals surface area (Å²) in [6, 6.07) is 9.17. The molecule has 0 fully saturated rings. The van der Waals surface area contributed by atoms with Crippen molar-refractivity contribution < 1.29 is 4.52 Å². The van der Waals surface area contributed by atoms with E-state index in [1.165, 1.54) is 9.13 Å². The van der Waals surface area contributed by atoms with Crippen molar-refractivity contribution in [3.05, 3.63) is 74.3 Å². The summed E-state index contributed by atoms with van der Waals surface area (Å²) in [6.07, 6.45) is 4.13. The Kier molecular flexibility index (Phi) is 5.66. The zero-order valence-corrected chi connectivity index (χ0v) is 19.4. The van der Waals surface area contributed by atoms with Crippen molar-refractivity contribution in [3.8, 4) is 22.7 Å². The molecular weight excluding hydrogens is 458 g/mol. The Balaban J connectivity index is 1.44. The number of fused-ring (bicyclic) bond motifs is 1. The summed E-state index contributed by atoms with van der Waals surface area (Å²) >= 11 is 5.94. The highest BCUT2D eigenvalue weighted by Gasteiger charge is 2.18. The van der Waals surface area contributed by atoms with Crippen molar-refractivity contribution in [3.63, 3.8) is 0 Å². The number of aromatic nitrogens is 7. The summed E-state index contributed by atoms with van der Waals surface area (Å²) in [5, 5.41) is 9.16. The Morgan fingerprint density at radius 3 is 2.62 bits per heavy atom. The highest BCUT2D eigenvalue weighted by Crippen LogP contribution is 2.23. The second-order valence-corrected chi connectivity index (χ2v) is 8.32. The van der Waals surface area contributed by atoms with Crippen molar-refractivity contribution >= 4 is 22.8 Å². The molecule has 0 aliphatic rings. The Morgan fingerprint density at radius 1 is 1.09 bits per heavy atom. The number of halogens is 1. The van der Waals surface area contributed by atoms with Crippen LogP contribution in [0, 0.1) is 0 Å². The van der Waals surface area contributed by atoms with Gasteiger partial charge in [-0.3, -0.25) is 18.6 Å². The molecule has 1 aromatic carbocycles. The second-order valence-electron chi connectivity index (χ2n) is 7.88. The molecule has 11 heteroatoms. The molecule has 0 unspecified atom stereocenters. The fraction of sp³-hybridized carbons (Fsp3) is 0.261. The number of benzene rings is 1. The van der Waals surface area contributed by atoms with E-state index >= 15 is 0 Å². The number of aryl methyl sites for hydroxylation is 1. The topological polar surface area (TPSA) is 117 Å². The van der Waals surface area contributed by atoms with Crippen LogP contribution in [0.2, 0.25) is 5.02 Å². The zero-order valence-electron chi connectivity index (χ0n) is 18.7. The first kappa shape index (κ1) is 21.9. The molecular formula is C23H22ClN7O3. The maximum Gasteiger partial charge on any atom is 0.332 e. The first-order chi connectivity index (χ1) is 16.5. The molecule has 0 spiro atoms. The Hall–Kier alpha value is -3.92. The van der Waals surface area contributed by atoms with Gasteiger partial charge in [-0.2, -0.15) is 5.10 Å². The average molecular weight is 480 g/mol. The van der Waals surface area contributed by atoms with Gasteiger partial charge in [-0.05, 0) is 37.6 Å². The van der Waals surface area contributed by atoms with Gasteiger partial charge in [0, 0.05) is 35.9 Å². The SMILES string of the molecule is CCCn1c(=O)c2[nH]c(-c3cnn(Cc4cc(-c5ccc(Cl)cc5)on4)c3)nc2n(CC)c1=O. The maximum absolute atomic E-state index is 12.9. The van der Waals surface area contributed by atoms with Crippen LogP contribution in [-0.2, 0) is 19.6 Å². The normalized spacial score (nSPS) is 11.5. The number of rotatable bonds is 7. The van der Waals surface area contributed by atoms with Gasteiger partial charge in [-0.15, -0.1) is 0 Å². The number of H-pyrrole nitrogens is 1. The molecule has 0 radical (unpaired) electrons. The summed E-state index contributed by atoms with van der Waals surface area (Å²) < 4.78 is 9.91. The maximum atomic E-state index is 12.9. The molecule has 0 atom stereocenters. The summed E-state index contributed by atoms with van der Waals surface area (Å²) in [5.74, 6) is 1.11. The van der Waals surface area contributed by atoms with Gasteiger partial charge in [-0.1, -0.05) is 23.7 Å². The number of nitrogens with zero attached hydrogens (tertiary/aromatic N) is 6. The number of nitrogens with one attached hydrogen (secondary N) is 1. The van der Waals surface area contributed by atoms with E-state index < -0.39 is 0 Å². The molecule has 4 aromatic heterocycles. The lowest BCUT2D eigenvalue weighted by atomic mass is 10.1. The molecule has 0 bridgehead atoms. The average Bonchev–Trinajstić information content (AvgIpc) is 3.58. The van der Waals surface area contributed by atoms with Gasteiger partial charge in [0.15, 0.2) is 11.4 Å². The van der Waals surface area contributed by atoms with Crippen LogP contribution < -0.4 is 11.2 Å². The van der Waals surface area contributed by atoms with Crippen LogP contribution in [-0.4, -0.2) is 34.0 Å². The van der Waals surface area contributed by atoms with Crippen molar-refractivity contribution in [2.24, 2.45) is 0 Å². The largest absolute Gasteiger partial charge is 0.356 e. The van der Waals surface area contributed by atoms with Crippen molar-refractivity contribution in [1.82, 2.24) is 34.0 Å². The van der Waals surface area contributed by atoms with E-state index in [1.807, 2.05) is 32.0 Å². The molecule has 0 saturated carbocycles. The molecule has 0 amide bonds. The Morgan fingerprint density at radius 2 is 1.88 bits per heavy atom. The quantitative estimate of drug-likeness (QED) is 0.381. The smallest absolute Gasteiger partial charge is 0.332 e. The number of hydrogen-bond acceptors (Lipinski definition) is 6. The Bertz CT molecular complexity index is 1590. The molecule has 5 rings (SSSR count). The van der Waals surface area contributed by atoms with E-state index in [-0.39, 0.29) is 11.2 Å². The van der Waals surface area contributed by atoms with Gasteiger partial charge >= 0.3 is 5.69 Å². The minimum atomic E-state index is -0.366. The summed E-state index contributed by atoms with van der Waals surface area (Å²) in [7, 11) is 0. The van der Waals surface area contributed by atoms with Crippen LogP contribution in [0.3, 0.4) is 0 Å². The molecule has 34 heavy (non-hydrogen) atoms. The number of imidazole rings is 1. The molecule has 0 aliphatic heterocycles. The summed E-state index contributed by atoms with van der Waals surface area (Å²) in [4.78, 5) is 33.2. The predicted octanol–water partition coefficient (Wildman–Crippen LogP) is 3.54. The fourth-order valence-corrected chi connectivity index (χ4v) is 4.01. The molecule has 0 aliphatic carbocycles. The van der Waals surface area contributed by atoms with Gasteiger partial charge in [-0.25, -0.2) is 9.78 Å². The Labute approximate surface area is 198 Å². The van der Waals surface area contributed by atoms with Gasteiger partial charge in [0.25, 0.3) is 5.56 Å². The van der Waals surface area contributed by atoms with E-state index in [0.717, 1.165) is 5.56 Å². The second kappa shape index (κ2) is 8.79. The number of aromatic amines is 1. The lowest BCUT2D eigenvalue weighted by Crippen LogP contribution is -2.39. The van der Waals surface area contributed by atoms with E-state index in [2.05, 4.69) is 20.2 Å². The zero-order chi connectivity index (χ0) is 23.8. The lowest BCUT2D eigenvalue weighted by molar-refractivity contribution is 0.419. The van der Waals surface area contributed by atoms with Gasteiger partial charge in [0.1, 0.15) is 17.0 Å². The third-order valence-electron chi connectivity index (χ3n) is 5.54. The molecule has 10 nitrogen and oxygen atoms in total. The van der Waals surface area contributed by atoms with Gasteiger partial charge in [0.2, 0.25) is 0 Å². The van der Waals surface area contributed by atoms with E-state index in [0.29, 0.717) is 65.1 Å². The molecule has 5 aromatic rings. The fourth-order valence-electron chi connectivity index (χ4n) is 3.88. The third kappa shape index (κ3) is 3.86. The van der Waals surface area contributed by atoms with Crippen LogP contribution in [0.1, 0.15) is 26.0 Å². The molecule has 4 heterocycles. The lowest BCUT2D eigenvalue weighted by Gasteiger charge is -2.07. The first-order valence-corrected chi connectivity index (χ1v) is 11.3. The van der Waals surface area contributed by atoms with E-state index in [4.69, 9.17) is 16.1 Å². The van der Waals surface area contributed by atoms with Crippen LogP contribution >= 0.6 is 11.6 Å². The first-order valence-electron chi connectivity index (χ1n) is 11.0. The standard InChI is InChI=1S/C23H22ClN7O3/c1-3-9-31-22(32)19-21(30(4-2)23(31)33)27-20(26-19)15-11-25-29(12-15)13-17-10-18(34-28-17)14-5-7-16(24)8-6-14/h5-8,10-12H,3-4,9,13H2,1-2H3,(H,26,27). The highest BCUT2D eigenvalue weighted by atomic mass is 35.5. The van der Waals surface area contributed by atoms with Crippen LogP contribution in [0.15, 0.2) is 56.8 Å². The number of hydrogen-bond donors (Lipinski definition) is 1. The third-order valence-corrected chi connectivity index (χ3v) is 5.79. The van der Waals surface area contributed by atoms with Crippen molar-refractivity contribution in [2.75, 3.05) is 0 Å². The minimum absolute atomic E-state index is 0.307. The molecule has 0 saturated heterocycles. The predicted molar refractivity (Wildman–Crippen MR) is 128 cm³/mol. The van der Waals surface area contributed by atoms with Crippen molar-refractivity contribution in [1.29, 1.82) is 0 Å². The molecule has 1 N–H and O–H groups in total.